The highest BCUT2D eigenvalue weighted by Crippen LogP contribution is 2.19. The zero-order chi connectivity index (χ0) is 9.84. The first-order valence-electron chi connectivity index (χ1n) is 3.94. The molecule has 1 atom stereocenters. The van der Waals surface area contributed by atoms with E-state index in [0.29, 0.717) is 5.16 Å². The van der Waals surface area contributed by atoms with Crippen LogP contribution < -0.4 is 5.84 Å². The van der Waals surface area contributed by atoms with Gasteiger partial charge in [0, 0.05) is 6.42 Å². The van der Waals surface area contributed by atoms with Gasteiger partial charge in [-0.05, 0) is 6.92 Å². The summed E-state index contributed by atoms with van der Waals surface area (Å²) >= 11 is 1.31. The van der Waals surface area contributed by atoms with Gasteiger partial charge in [-0.2, -0.15) is 5.26 Å². The lowest BCUT2D eigenvalue weighted by Crippen LogP contribution is -2.14. The molecule has 0 radical (unpaired) electrons. The second-order valence-electron chi connectivity index (χ2n) is 2.51. The van der Waals surface area contributed by atoms with Gasteiger partial charge in [0.05, 0.1) is 11.3 Å². The van der Waals surface area contributed by atoms with E-state index in [1.807, 2.05) is 6.92 Å². The van der Waals surface area contributed by atoms with Crippen LogP contribution in [0.5, 0.6) is 0 Å². The van der Waals surface area contributed by atoms with Crippen molar-refractivity contribution in [2.24, 2.45) is 0 Å². The van der Waals surface area contributed by atoms with Crippen LogP contribution in [0.1, 0.15) is 19.7 Å². The molecular weight excluding hydrogens is 186 g/mol. The molecular formula is C7H11N5S. The Kier molecular flexibility index (Phi) is 3.14. The van der Waals surface area contributed by atoms with Crippen molar-refractivity contribution in [1.29, 1.82) is 5.26 Å². The number of nitrogens with zero attached hydrogens (tertiary/aromatic N) is 4. The molecule has 1 rings (SSSR count). The van der Waals surface area contributed by atoms with E-state index in [9.17, 15) is 0 Å². The van der Waals surface area contributed by atoms with Gasteiger partial charge in [0.15, 0.2) is 5.82 Å². The van der Waals surface area contributed by atoms with Crippen LogP contribution in [-0.2, 0) is 6.42 Å². The van der Waals surface area contributed by atoms with Gasteiger partial charge in [0.1, 0.15) is 0 Å². The van der Waals surface area contributed by atoms with Crippen molar-refractivity contribution in [3.63, 3.8) is 0 Å². The minimum absolute atomic E-state index is 0.156. The monoisotopic (exact) mass is 197 g/mol. The highest BCUT2D eigenvalue weighted by molar-refractivity contribution is 8.00. The fraction of sp³-hybridized carbons (Fsp3) is 0.571. The molecule has 70 valence electrons. The standard InChI is InChI=1S/C7H11N5S/c1-3-6-10-11-7(12(6)9)13-5(2)4-8/h5H,3,9H2,1-2H3. The van der Waals surface area contributed by atoms with Crippen LogP contribution in [0, 0.1) is 11.3 Å². The summed E-state index contributed by atoms with van der Waals surface area (Å²) in [6, 6.07) is 2.09. The van der Waals surface area contributed by atoms with Crippen LogP contribution in [-0.4, -0.2) is 20.1 Å². The zero-order valence-corrected chi connectivity index (χ0v) is 8.38. The molecule has 0 spiro atoms. The molecule has 0 fully saturated rings. The Morgan fingerprint density at radius 1 is 1.69 bits per heavy atom. The molecule has 13 heavy (non-hydrogen) atoms. The summed E-state index contributed by atoms with van der Waals surface area (Å²) in [5.41, 5.74) is 0. The number of nitrogens with two attached hydrogens (primary N) is 1. The van der Waals surface area contributed by atoms with Gasteiger partial charge in [-0.1, -0.05) is 18.7 Å². The highest BCUT2D eigenvalue weighted by Gasteiger charge is 2.11. The zero-order valence-electron chi connectivity index (χ0n) is 7.56. The summed E-state index contributed by atoms with van der Waals surface area (Å²) in [7, 11) is 0. The lowest BCUT2D eigenvalue weighted by Gasteiger charge is -2.01. The summed E-state index contributed by atoms with van der Waals surface area (Å²) in [6.45, 7) is 3.75. The lowest BCUT2D eigenvalue weighted by molar-refractivity contribution is 0.795. The molecule has 0 amide bonds. The maximum atomic E-state index is 8.58. The molecule has 0 aliphatic rings. The third-order valence-corrected chi connectivity index (χ3v) is 2.46. The molecule has 0 bridgehead atoms. The first-order valence-corrected chi connectivity index (χ1v) is 4.82. The van der Waals surface area contributed by atoms with Crippen LogP contribution in [0.25, 0.3) is 0 Å². The molecule has 0 saturated heterocycles. The fourth-order valence-corrected chi connectivity index (χ4v) is 1.49. The summed E-state index contributed by atoms with van der Waals surface area (Å²) in [5, 5.41) is 16.8. The van der Waals surface area contributed by atoms with Crippen LogP contribution >= 0.6 is 11.8 Å². The predicted octanol–water partition coefficient (Wildman–Crippen LogP) is 0.558. The molecule has 1 aromatic rings. The quantitative estimate of drug-likeness (QED) is 0.565. The summed E-state index contributed by atoms with van der Waals surface area (Å²) < 4.78 is 1.43. The fourth-order valence-electron chi connectivity index (χ4n) is 0.813. The number of rotatable bonds is 3. The maximum Gasteiger partial charge on any atom is 0.211 e. The first kappa shape index (κ1) is 9.86. The van der Waals surface area contributed by atoms with E-state index in [1.165, 1.54) is 16.4 Å². The van der Waals surface area contributed by atoms with E-state index < -0.39 is 0 Å². The number of hydrogen-bond acceptors (Lipinski definition) is 5. The molecule has 0 aromatic carbocycles. The molecule has 0 aliphatic heterocycles. The molecule has 5 nitrogen and oxygen atoms in total. The van der Waals surface area contributed by atoms with Crippen molar-refractivity contribution in [2.75, 3.05) is 5.84 Å². The minimum Gasteiger partial charge on any atom is -0.336 e. The third kappa shape index (κ3) is 2.12. The largest absolute Gasteiger partial charge is 0.336 e. The summed E-state index contributed by atoms with van der Waals surface area (Å²) in [6.07, 6.45) is 0.741. The van der Waals surface area contributed by atoms with Crippen LogP contribution in [0.2, 0.25) is 0 Å². The van der Waals surface area contributed by atoms with E-state index in [1.54, 1.807) is 6.92 Å². The molecule has 0 aliphatic carbocycles. The summed E-state index contributed by atoms with van der Waals surface area (Å²) in [4.78, 5) is 0. The Labute approximate surface area is 80.9 Å². The number of nitrogen functional groups attached to an aromatic ring is 1. The molecule has 1 heterocycles. The second kappa shape index (κ2) is 4.14. The average molecular weight is 197 g/mol. The number of aryl methyl sites for hydroxylation is 1. The summed E-state index contributed by atoms with van der Waals surface area (Å²) in [5.74, 6) is 6.41. The minimum atomic E-state index is -0.156. The van der Waals surface area contributed by atoms with Crippen molar-refractivity contribution < 1.29 is 0 Å². The Balaban J connectivity index is 2.79. The van der Waals surface area contributed by atoms with Crippen molar-refractivity contribution in [3.05, 3.63) is 5.82 Å². The molecule has 6 heteroatoms. The Morgan fingerprint density at radius 2 is 2.38 bits per heavy atom. The molecule has 1 unspecified atom stereocenters. The normalized spacial score (nSPS) is 12.4. The molecule has 2 N–H and O–H groups in total. The Hall–Kier alpha value is -1.22. The van der Waals surface area contributed by atoms with Crippen LogP contribution in [0.15, 0.2) is 5.16 Å². The number of aromatic nitrogens is 3. The lowest BCUT2D eigenvalue weighted by atomic mass is 10.5. The van der Waals surface area contributed by atoms with Gasteiger partial charge in [-0.25, -0.2) is 4.68 Å². The number of nitriles is 1. The van der Waals surface area contributed by atoms with Crippen LogP contribution in [0.4, 0.5) is 0 Å². The van der Waals surface area contributed by atoms with Crippen molar-refractivity contribution >= 4 is 11.8 Å². The first-order chi connectivity index (χ1) is 6.19. The van der Waals surface area contributed by atoms with Gasteiger partial charge in [-0.15, -0.1) is 10.2 Å². The molecule has 0 saturated carbocycles. The van der Waals surface area contributed by atoms with Gasteiger partial charge in [-0.3, -0.25) is 0 Å². The van der Waals surface area contributed by atoms with Gasteiger partial charge in [0.2, 0.25) is 5.16 Å². The number of thioether (sulfide) groups is 1. The van der Waals surface area contributed by atoms with Crippen molar-refractivity contribution in [2.45, 2.75) is 30.7 Å². The van der Waals surface area contributed by atoms with E-state index in [2.05, 4.69) is 16.3 Å². The van der Waals surface area contributed by atoms with E-state index in [-0.39, 0.29) is 5.25 Å². The SMILES string of the molecule is CCc1nnc(SC(C)C#N)n1N. The Morgan fingerprint density at radius 3 is 2.85 bits per heavy atom. The van der Waals surface area contributed by atoms with Gasteiger partial charge >= 0.3 is 0 Å². The topological polar surface area (TPSA) is 80.5 Å². The smallest absolute Gasteiger partial charge is 0.211 e. The predicted molar refractivity (Wildman–Crippen MR) is 50.5 cm³/mol. The number of hydrogen-bond donors (Lipinski definition) is 1. The van der Waals surface area contributed by atoms with E-state index in [4.69, 9.17) is 11.1 Å². The molecule has 1 aromatic heterocycles. The van der Waals surface area contributed by atoms with Gasteiger partial charge in [0.25, 0.3) is 0 Å². The van der Waals surface area contributed by atoms with E-state index >= 15 is 0 Å². The van der Waals surface area contributed by atoms with Crippen molar-refractivity contribution in [1.82, 2.24) is 14.9 Å². The Bertz CT molecular complexity index is 326. The third-order valence-electron chi connectivity index (χ3n) is 1.52. The van der Waals surface area contributed by atoms with E-state index in [0.717, 1.165) is 12.2 Å². The highest BCUT2D eigenvalue weighted by atomic mass is 32.2. The van der Waals surface area contributed by atoms with Gasteiger partial charge < -0.3 is 5.84 Å². The van der Waals surface area contributed by atoms with Crippen molar-refractivity contribution in [3.8, 4) is 6.07 Å². The maximum absolute atomic E-state index is 8.58. The second-order valence-corrected chi connectivity index (χ2v) is 3.82. The van der Waals surface area contributed by atoms with Crippen LogP contribution in [0.3, 0.4) is 0 Å². The average Bonchev–Trinajstić information content (AvgIpc) is 2.48.